The van der Waals surface area contributed by atoms with Crippen LogP contribution in [-0.4, -0.2) is 36.0 Å². The van der Waals surface area contributed by atoms with Crippen molar-refractivity contribution in [3.63, 3.8) is 0 Å². The molecule has 0 bridgehead atoms. The molecule has 1 amide bonds. The summed E-state index contributed by atoms with van der Waals surface area (Å²) in [4.78, 5) is 20.2. The highest BCUT2D eigenvalue weighted by Gasteiger charge is 2.16. The molecule has 0 aliphatic carbocycles. The lowest BCUT2D eigenvalue weighted by molar-refractivity contribution is 0.0957. The third-order valence-corrected chi connectivity index (χ3v) is 3.25. The van der Waals surface area contributed by atoms with E-state index in [1.165, 1.54) is 12.8 Å². The van der Waals surface area contributed by atoms with Crippen molar-refractivity contribution in [1.29, 1.82) is 0 Å². The third-order valence-electron chi connectivity index (χ3n) is 3.25. The molecule has 0 aromatic carbocycles. The second kappa shape index (κ2) is 5.91. The molecule has 0 radical (unpaired) electrons. The summed E-state index contributed by atoms with van der Waals surface area (Å²) in [5.74, 6) is 1.13. The van der Waals surface area contributed by atoms with Crippen molar-refractivity contribution in [3.8, 4) is 0 Å². The lowest BCUT2D eigenvalue weighted by Gasteiger charge is -2.22. The molecule has 18 heavy (non-hydrogen) atoms. The molecule has 0 unspecified atom stereocenters. The summed E-state index contributed by atoms with van der Waals surface area (Å²) in [6.07, 6.45) is 3.36. The van der Waals surface area contributed by atoms with Crippen molar-refractivity contribution in [2.45, 2.75) is 26.2 Å². The first-order chi connectivity index (χ1) is 8.69. The molecule has 2 rings (SSSR count). The fourth-order valence-corrected chi connectivity index (χ4v) is 2.37. The molecule has 2 N–H and O–H groups in total. The maximum Gasteiger partial charge on any atom is 0.269 e. The fourth-order valence-electron chi connectivity index (χ4n) is 2.37. The maximum atomic E-state index is 11.6. The van der Waals surface area contributed by atoms with E-state index in [4.69, 9.17) is 0 Å². The van der Waals surface area contributed by atoms with Gasteiger partial charge in [-0.25, -0.2) is 9.97 Å². The zero-order chi connectivity index (χ0) is 13.0. The summed E-state index contributed by atoms with van der Waals surface area (Å²) in [5, 5.41) is 5.99. The molecule has 5 nitrogen and oxygen atoms in total. The normalized spacial score (nSPS) is 19.6. The number of rotatable bonds is 3. The smallest absolute Gasteiger partial charge is 0.269 e. The van der Waals surface area contributed by atoms with Gasteiger partial charge >= 0.3 is 0 Å². The Hall–Kier alpha value is -1.49. The summed E-state index contributed by atoms with van der Waals surface area (Å²) in [6, 6.07) is 1.81. The number of nitrogens with zero attached hydrogens (tertiary/aromatic N) is 2. The van der Waals surface area contributed by atoms with Crippen LogP contribution in [0.15, 0.2) is 6.07 Å². The average Bonchev–Trinajstić information content (AvgIpc) is 2.38. The molecule has 98 valence electrons. The van der Waals surface area contributed by atoms with Crippen LogP contribution in [0.2, 0.25) is 0 Å². The zero-order valence-electron chi connectivity index (χ0n) is 11.0. The van der Waals surface area contributed by atoms with Gasteiger partial charge in [-0.1, -0.05) is 0 Å². The van der Waals surface area contributed by atoms with Gasteiger partial charge in [0.2, 0.25) is 0 Å². The molecule has 0 saturated carbocycles. The Bertz CT molecular complexity index is 427. The highest BCUT2D eigenvalue weighted by Crippen LogP contribution is 2.15. The van der Waals surface area contributed by atoms with E-state index in [0.717, 1.165) is 25.2 Å². The van der Waals surface area contributed by atoms with Crippen molar-refractivity contribution < 1.29 is 4.79 Å². The van der Waals surface area contributed by atoms with Gasteiger partial charge in [0.05, 0.1) is 0 Å². The van der Waals surface area contributed by atoms with E-state index in [9.17, 15) is 4.79 Å². The van der Waals surface area contributed by atoms with Crippen molar-refractivity contribution in [3.05, 3.63) is 23.3 Å². The summed E-state index contributed by atoms with van der Waals surface area (Å²) in [6.45, 7) is 3.98. The van der Waals surface area contributed by atoms with E-state index in [2.05, 4.69) is 20.6 Å². The average molecular weight is 248 g/mol. The minimum Gasteiger partial charge on any atom is -0.354 e. The van der Waals surface area contributed by atoms with Crippen LogP contribution in [0.5, 0.6) is 0 Å². The van der Waals surface area contributed by atoms with Crippen molar-refractivity contribution in [2.75, 3.05) is 20.1 Å². The van der Waals surface area contributed by atoms with Gasteiger partial charge in [0.1, 0.15) is 11.5 Å². The van der Waals surface area contributed by atoms with Gasteiger partial charge in [0.25, 0.3) is 5.91 Å². The van der Waals surface area contributed by atoms with Crippen LogP contribution < -0.4 is 10.6 Å². The first-order valence-corrected chi connectivity index (χ1v) is 6.46. The second-order valence-electron chi connectivity index (χ2n) is 4.79. The van der Waals surface area contributed by atoms with E-state index < -0.39 is 0 Å². The molecule has 1 aliphatic rings. The molecule has 2 heterocycles. The molecule has 1 aromatic heterocycles. The molecule has 1 aromatic rings. The maximum absolute atomic E-state index is 11.6. The molecule has 1 atom stereocenters. The van der Waals surface area contributed by atoms with Crippen molar-refractivity contribution in [1.82, 2.24) is 20.6 Å². The van der Waals surface area contributed by atoms with Gasteiger partial charge in [-0.2, -0.15) is 0 Å². The molecule has 5 heteroatoms. The Morgan fingerprint density at radius 1 is 1.56 bits per heavy atom. The Kier molecular flexibility index (Phi) is 4.25. The number of nitrogens with one attached hydrogen (secondary N) is 2. The third kappa shape index (κ3) is 3.26. The standard InChI is InChI=1S/C13H20N4O/c1-9-16-11(6-10-4-3-5-15-8-10)7-12(17-9)13(18)14-2/h7,10,15H,3-6,8H2,1-2H3,(H,14,18)/t10-/m1/s1. The molecule has 1 saturated heterocycles. The van der Waals surface area contributed by atoms with E-state index in [0.29, 0.717) is 17.4 Å². The monoisotopic (exact) mass is 248 g/mol. The van der Waals surface area contributed by atoms with Gasteiger partial charge in [0, 0.05) is 12.7 Å². The largest absolute Gasteiger partial charge is 0.354 e. The molecule has 0 spiro atoms. The van der Waals surface area contributed by atoms with Crippen LogP contribution in [0.1, 0.15) is 34.8 Å². The number of piperidine rings is 1. The Morgan fingerprint density at radius 3 is 3.06 bits per heavy atom. The molecule has 1 fully saturated rings. The number of carbonyl (C=O) groups is 1. The Morgan fingerprint density at radius 2 is 2.39 bits per heavy atom. The van der Waals surface area contributed by atoms with E-state index >= 15 is 0 Å². The second-order valence-corrected chi connectivity index (χ2v) is 4.79. The minimum atomic E-state index is -0.150. The van der Waals surface area contributed by atoms with Crippen LogP contribution in [0, 0.1) is 12.8 Å². The summed E-state index contributed by atoms with van der Waals surface area (Å²) in [5.41, 5.74) is 1.43. The van der Waals surface area contributed by atoms with Crippen LogP contribution >= 0.6 is 0 Å². The number of hydrogen-bond donors (Lipinski definition) is 2. The quantitative estimate of drug-likeness (QED) is 0.826. The Labute approximate surface area is 107 Å². The van der Waals surface area contributed by atoms with Crippen molar-refractivity contribution >= 4 is 5.91 Å². The molecule has 1 aliphatic heterocycles. The SMILES string of the molecule is CNC(=O)c1cc(C[C@H]2CCCNC2)nc(C)n1. The highest BCUT2D eigenvalue weighted by molar-refractivity contribution is 5.92. The predicted octanol–water partition coefficient (Wildman–Crippen LogP) is 0.687. The van der Waals surface area contributed by atoms with Gasteiger partial charge in [-0.15, -0.1) is 0 Å². The summed E-state index contributed by atoms with van der Waals surface area (Å²) < 4.78 is 0. The molecular weight excluding hydrogens is 228 g/mol. The van der Waals surface area contributed by atoms with E-state index in [-0.39, 0.29) is 5.91 Å². The van der Waals surface area contributed by atoms with Gasteiger partial charge in [0.15, 0.2) is 0 Å². The van der Waals surface area contributed by atoms with Crippen LogP contribution in [0.3, 0.4) is 0 Å². The lowest BCUT2D eigenvalue weighted by Crippen LogP contribution is -2.31. The number of carbonyl (C=O) groups excluding carboxylic acids is 1. The lowest BCUT2D eigenvalue weighted by atomic mass is 9.94. The topological polar surface area (TPSA) is 66.9 Å². The fraction of sp³-hybridized carbons (Fsp3) is 0.615. The highest BCUT2D eigenvalue weighted by atomic mass is 16.1. The van der Waals surface area contributed by atoms with E-state index in [1.54, 1.807) is 13.1 Å². The van der Waals surface area contributed by atoms with E-state index in [1.807, 2.05) is 6.92 Å². The number of aryl methyl sites for hydroxylation is 1. The summed E-state index contributed by atoms with van der Waals surface area (Å²) >= 11 is 0. The van der Waals surface area contributed by atoms with Gasteiger partial charge in [-0.05, 0) is 51.3 Å². The number of aromatic nitrogens is 2. The van der Waals surface area contributed by atoms with Gasteiger partial charge in [-0.3, -0.25) is 4.79 Å². The first kappa shape index (κ1) is 13.0. The molecular formula is C13H20N4O. The Balaban J connectivity index is 2.11. The van der Waals surface area contributed by atoms with Crippen LogP contribution in [0.25, 0.3) is 0 Å². The van der Waals surface area contributed by atoms with Crippen LogP contribution in [0.4, 0.5) is 0 Å². The minimum absolute atomic E-state index is 0.150. The van der Waals surface area contributed by atoms with Gasteiger partial charge < -0.3 is 10.6 Å². The first-order valence-electron chi connectivity index (χ1n) is 6.46. The van der Waals surface area contributed by atoms with Crippen molar-refractivity contribution in [2.24, 2.45) is 5.92 Å². The summed E-state index contributed by atoms with van der Waals surface area (Å²) in [7, 11) is 1.62. The number of hydrogen-bond acceptors (Lipinski definition) is 4. The van der Waals surface area contributed by atoms with Crippen LogP contribution in [-0.2, 0) is 6.42 Å². The zero-order valence-corrected chi connectivity index (χ0v) is 11.0. The predicted molar refractivity (Wildman–Crippen MR) is 69.5 cm³/mol. The number of amides is 1.